The predicted molar refractivity (Wildman–Crippen MR) is 97.3 cm³/mol. The van der Waals surface area contributed by atoms with Gasteiger partial charge < -0.3 is 5.32 Å². The van der Waals surface area contributed by atoms with Gasteiger partial charge in [0.05, 0.1) is 12.0 Å². The number of nitriles is 1. The zero-order valence-corrected chi connectivity index (χ0v) is 14.0. The standard InChI is InChI=1S/C20H16N2OS/c21-12-17-16-9-4-10-18(16)24-20(17)22-19(23)11-14-7-3-6-13-5-1-2-8-15(13)14/h1-3,5-8H,4,9-11H2,(H,22,23). The van der Waals surface area contributed by atoms with Crippen LogP contribution in [0.3, 0.4) is 0 Å². The number of rotatable bonds is 3. The maximum absolute atomic E-state index is 12.5. The molecular formula is C20H16N2OS. The molecule has 24 heavy (non-hydrogen) atoms. The molecule has 1 aromatic heterocycles. The minimum Gasteiger partial charge on any atom is -0.316 e. The zero-order valence-electron chi connectivity index (χ0n) is 13.1. The van der Waals surface area contributed by atoms with Gasteiger partial charge in [0, 0.05) is 4.88 Å². The average Bonchev–Trinajstić information content (AvgIpc) is 3.15. The van der Waals surface area contributed by atoms with Gasteiger partial charge in [-0.2, -0.15) is 5.26 Å². The van der Waals surface area contributed by atoms with Gasteiger partial charge in [-0.3, -0.25) is 4.79 Å². The van der Waals surface area contributed by atoms with E-state index in [1.54, 1.807) is 11.3 Å². The Kier molecular flexibility index (Phi) is 3.79. The lowest BCUT2D eigenvalue weighted by molar-refractivity contribution is -0.115. The molecule has 3 aromatic rings. The maximum atomic E-state index is 12.5. The van der Waals surface area contributed by atoms with Crippen LogP contribution in [0.4, 0.5) is 5.00 Å². The fraction of sp³-hybridized carbons (Fsp3) is 0.200. The van der Waals surface area contributed by atoms with E-state index in [1.807, 2.05) is 42.5 Å². The second-order valence-corrected chi connectivity index (χ2v) is 7.14. The van der Waals surface area contributed by atoms with Crippen LogP contribution in [0.2, 0.25) is 0 Å². The Morgan fingerprint density at radius 2 is 2.00 bits per heavy atom. The molecule has 1 aliphatic carbocycles. The molecule has 1 aliphatic rings. The number of hydrogen-bond donors (Lipinski definition) is 1. The molecule has 0 spiro atoms. The van der Waals surface area contributed by atoms with Gasteiger partial charge in [0.1, 0.15) is 11.1 Å². The molecule has 1 N–H and O–H groups in total. The van der Waals surface area contributed by atoms with E-state index in [9.17, 15) is 10.1 Å². The number of thiophene rings is 1. The average molecular weight is 332 g/mol. The van der Waals surface area contributed by atoms with Crippen molar-refractivity contribution in [1.82, 2.24) is 0 Å². The molecule has 0 fully saturated rings. The van der Waals surface area contributed by atoms with Gasteiger partial charge in [-0.1, -0.05) is 42.5 Å². The van der Waals surface area contributed by atoms with Gasteiger partial charge in [0.25, 0.3) is 0 Å². The van der Waals surface area contributed by atoms with Crippen LogP contribution >= 0.6 is 11.3 Å². The van der Waals surface area contributed by atoms with Gasteiger partial charge >= 0.3 is 0 Å². The molecule has 118 valence electrons. The molecule has 1 heterocycles. The van der Waals surface area contributed by atoms with Crippen molar-refractivity contribution >= 4 is 33.0 Å². The third-order valence-electron chi connectivity index (χ3n) is 4.52. The Hall–Kier alpha value is -2.64. The molecule has 4 rings (SSSR count). The number of carbonyl (C=O) groups is 1. The number of anilines is 1. The van der Waals surface area contributed by atoms with E-state index in [4.69, 9.17) is 0 Å². The molecule has 4 heteroatoms. The Morgan fingerprint density at radius 1 is 1.17 bits per heavy atom. The highest BCUT2D eigenvalue weighted by Gasteiger charge is 2.23. The summed E-state index contributed by atoms with van der Waals surface area (Å²) in [6, 6.07) is 16.4. The van der Waals surface area contributed by atoms with E-state index in [1.165, 1.54) is 4.88 Å². The van der Waals surface area contributed by atoms with Crippen molar-refractivity contribution in [3.8, 4) is 6.07 Å². The van der Waals surface area contributed by atoms with Crippen LogP contribution in [0.5, 0.6) is 0 Å². The third-order valence-corrected chi connectivity index (χ3v) is 5.72. The summed E-state index contributed by atoms with van der Waals surface area (Å²) in [6.07, 6.45) is 3.40. The Balaban J connectivity index is 1.58. The van der Waals surface area contributed by atoms with Crippen LogP contribution in [-0.2, 0) is 24.1 Å². The lowest BCUT2D eigenvalue weighted by atomic mass is 10.0. The molecule has 3 nitrogen and oxygen atoms in total. The molecular weight excluding hydrogens is 316 g/mol. The molecule has 0 atom stereocenters. The third kappa shape index (κ3) is 2.57. The summed E-state index contributed by atoms with van der Waals surface area (Å²) in [6.45, 7) is 0. The lowest BCUT2D eigenvalue weighted by Crippen LogP contribution is -2.14. The van der Waals surface area contributed by atoms with Gasteiger partial charge in [-0.15, -0.1) is 11.3 Å². The van der Waals surface area contributed by atoms with Crippen molar-refractivity contribution in [3.63, 3.8) is 0 Å². The van der Waals surface area contributed by atoms with Gasteiger partial charge in [0.2, 0.25) is 5.91 Å². The van der Waals surface area contributed by atoms with Crippen molar-refractivity contribution in [3.05, 3.63) is 64.0 Å². The first kappa shape index (κ1) is 14.9. The smallest absolute Gasteiger partial charge is 0.229 e. The number of hydrogen-bond acceptors (Lipinski definition) is 3. The summed E-state index contributed by atoms with van der Waals surface area (Å²) in [4.78, 5) is 13.8. The van der Waals surface area contributed by atoms with Crippen molar-refractivity contribution in [2.24, 2.45) is 0 Å². The number of fused-ring (bicyclic) bond motifs is 2. The molecule has 2 aromatic carbocycles. The number of nitrogens with zero attached hydrogens (tertiary/aromatic N) is 1. The second-order valence-electron chi connectivity index (χ2n) is 6.04. The van der Waals surface area contributed by atoms with Crippen molar-refractivity contribution < 1.29 is 4.79 Å². The highest BCUT2D eigenvalue weighted by atomic mass is 32.1. The summed E-state index contributed by atoms with van der Waals surface area (Å²) >= 11 is 1.56. The van der Waals surface area contributed by atoms with Gasteiger partial charge in [0.15, 0.2) is 0 Å². The van der Waals surface area contributed by atoms with Crippen molar-refractivity contribution in [1.29, 1.82) is 5.26 Å². The predicted octanol–water partition coefficient (Wildman–Crippen LogP) is 4.44. The van der Waals surface area contributed by atoms with E-state index in [0.717, 1.165) is 41.2 Å². The normalized spacial score (nSPS) is 12.8. The van der Waals surface area contributed by atoms with Crippen molar-refractivity contribution in [2.45, 2.75) is 25.7 Å². The first-order valence-electron chi connectivity index (χ1n) is 8.07. The molecule has 0 saturated carbocycles. The maximum Gasteiger partial charge on any atom is 0.229 e. The Labute approximate surface area is 144 Å². The fourth-order valence-corrected chi connectivity index (χ4v) is 4.66. The second kappa shape index (κ2) is 6.10. The quantitative estimate of drug-likeness (QED) is 0.771. The van der Waals surface area contributed by atoms with Gasteiger partial charge in [-0.05, 0) is 41.2 Å². The summed E-state index contributed by atoms with van der Waals surface area (Å²) in [7, 11) is 0. The van der Waals surface area contributed by atoms with Crippen LogP contribution in [0, 0.1) is 11.3 Å². The van der Waals surface area contributed by atoms with Crippen molar-refractivity contribution in [2.75, 3.05) is 5.32 Å². The van der Waals surface area contributed by atoms with E-state index in [0.29, 0.717) is 17.0 Å². The topological polar surface area (TPSA) is 52.9 Å². The van der Waals surface area contributed by atoms with E-state index < -0.39 is 0 Å². The Morgan fingerprint density at radius 3 is 2.88 bits per heavy atom. The minimum absolute atomic E-state index is 0.0669. The number of carbonyl (C=O) groups excluding carboxylic acids is 1. The monoisotopic (exact) mass is 332 g/mol. The molecule has 1 amide bonds. The first-order chi connectivity index (χ1) is 11.8. The summed E-state index contributed by atoms with van der Waals surface area (Å²) < 4.78 is 0. The molecule has 0 saturated heterocycles. The minimum atomic E-state index is -0.0669. The van der Waals surface area contributed by atoms with E-state index in [2.05, 4.69) is 11.4 Å². The highest BCUT2D eigenvalue weighted by molar-refractivity contribution is 7.16. The van der Waals surface area contributed by atoms with Gasteiger partial charge in [-0.25, -0.2) is 0 Å². The molecule has 0 bridgehead atoms. The number of benzene rings is 2. The largest absolute Gasteiger partial charge is 0.316 e. The summed E-state index contributed by atoms with van der Waals surface area (Å²) in [5.41, 5.74) is 2.81. The number of aryl methyl sites for hydroxylation is 1. The SMILES string of the molecule is N#Cc1c(NC(=O)Cc2cccc3ccccc23)sc2c1CCC2. The lowest BCUT2D eigenvalue weighted by Gasteiger charge is -2.07. The molecule has 0 aliphatic heterocycles. The van der Waals surface area contributed by atoms with Crippen LogP contribution in [0.1, 0.15) is 28.0 Å². The van der Waals surface area contributed by atoms with Crippen LogP contribution < -0.4 is 5.32 Å². The Bertz CT molecular complexity index is 976. The van der Waals surface area contributed by atoms with Crippen LogP contribution in [0.25, 0.3) is 10.8 Å². The number of nitrogens with one attached hydrogen (secondary N) is 1. The molecule has 0 unspecified atom stereocenters. The van der Waals surface area contributed by atoms with E-state index in [-0.39, 0.29) is 5.91 Å². The highest BCUT2D eigenvalue weighted by Crippen LogP contribution is 2.38. The molecule has 0 radical (unpaired) electrons. The summed E-state index contributed by atoms with van der Waals surface area (Å²) in [5.74, 6) is -0.0669. The van der Waals surface area contributed by atoms with Crippen LogP contribution in [0.15, 0.2) is 42.5 Å². The van der Waals surface area contributed by atoms with E-state index >= 15 is 0 Å². The summed E-state index contributed by atoms with van der Waals surface area (Å²) in [5, 5.41) is 15.3. The zero-order chi connectivity index (χ0) is 16.5. The fourth-order valence-electron chi connectivity index (χ4n) is 3.40. The number of amides is 1. The first-order valence-corrected chi connectivity index (χ1v) is 8.89. The van der Waals surface area contributed by atoms with Crippen LogP contribution in [-0.4, -0.2) is 5.91 Å².